The minimum Gasteiger partial charge on any atom is -0.303 e. The van der Waals surface area contributed by atoms with Crippen molar-refractivity contribution < 1.29 is 14.4 Å². The van der Waals surface area contributed by atoms with E-state index in [0.717, 1.165) is 4.90 Å². The van der Waals surface area contributed by atoms with Crippen molar-refractivity contribution in [2.45, 2.75) is 12.4 Å². The van der Waals surface area contributed by atoms with Gasteiger partial charge in [0.2, 0.25) is 0 Å². The van der Waals surface area contributed by atoms with Crippen molar-refractivity contribution in [3.8, 4) is 0 Å². The molecule has 1 heterocycles. The average molecular weight is 165 g/mol. The molecule has 12 heavy (non-hydrogen) atoms. The highest BCUT2D eigenvalue weighted by Gasteiger charge is 2.27. The van der Waals surface area contributed by atoms with E-state index in [-0.39, 0.29) is 24.2 Å². The summed E-state index contributed by atoms with van der Waals surface area (Å²) >= 11 is 0. The van der Waals surface area contributed by atoms with Crippen molar-refractivity contribution >= 4 is 25.9 Å². The summed E-state index contributed by atoms with van der Waals surface area (Å²) in [7, 11) is 1.66. The number of aldehydes is 1. The third-order valence-electron chi connectivity index (χ3n) is 1.72. The quantitative estimate of drug-likeness (QED) is 0.289. The Kier molecular flexibility index (Phi) is 2.42. The Hall–Kier alpha value is -1.39. The van der Waals surface area contributed by atoms with Gasteiger partial charge >= 0.3 is 0 Å². The molecule has 0 spiro atoms. The molecule has 0 aromatic heterocycles. The molecule has 0 saturated heterocycles. The molecule has 1 unspecified atom stereocenters. The summed E-state index contributed by atoms with van der Waals surface area (Å²) in [6.07, 6.45) is 3.32. The molecule has 62 valence electrons. The van der Waals surface area contributed by atoms with Gasteiger partial charge in [-0.1, -0.05) is 0 Å². The first-order valence-electron chi connectivity index (χ1n) is 3.65. The maximum Gasteiger partial charge on any atom is 0.253 e. The van der Waals surface area contributed by atoms with Crippen molar-refractivity contribution in [3.05, 3.63) is 12.2 Å². The predicted molar refractivity (Wildman–Crippen MR) is 44.0 cm³/mol. The standard InChI is InChI=1S/C7H8BNO3/c8-5(3-4-10)9-6(11)1-2-7(9)12/h1-2,4-5H,3,8H2. The van der Waals surface area contributed by atoms with Crippen LogP contribution in [-0.2, 0) is 14.4 Å². The Labute approximate surface area is 70.6 Å². The first-order valence-corrected chi connectivity index (χ1v) is 3.65. The van der Waals surface area contributed by atoms with E-state index in [9.17, 15) is 14.4 Å². The zero-order valence-corrected chi connectivity index (χ0v) is 6.69. The number of amides is 2. The summed E-state index contributed by atoms with van der Waals surface area (Å²) in [5.41, 5.74) is 0. The Morgan fingerprint density at radius 2 is 1.92 bits per heavy atom. The van der Waals surface area contributed by atoms with Gasteiger partial charge in [-0.15, -0.1) is 0 Å². The summed E-state index contributed by atoms with van der Waals surface area (Å²) in [4.78, 5) is 33.2. The molecule has 1 aliphatic heterocycles. The summed E-state index contributed by atoms with van der Waals surface area (Å²) < 4.78 is 0. The van der Waals surface area contributed by atoms with E-state index >= 15 is 0 Å². The molecule has 0 aromatic carbocycles. The van der Waals surface area contributed by atoms with Crippen molar-refractivity contribution in [3.63, 3.8) is 0 Å². The van der Waals surface area contributed by atoms with E-state index in [1.54, 1.807) is 7.85 Å². The second-order valence-corrected chi connectivity index (χ2v) is 2.63. The number of hydrogen-bond acceptors (Lipinski definition) is 3. The lowest BCUT2D eigenvalue weighted by atomic mass is 9.92. The lowest BCUT2D eigenvalue weighted by Gasteiger charge is -2.19. The Balaban J connectivity index is 2.68. The maximum absolute atomic E-state index is 11.0. The minimum absolute atomic E-state index is 0.194. The van der Waals surface area contributed by atoms with E-state index in [4.69, 9.17) is 0 Å². The second-order valence-electron chi connectivity index (χ2n) is 2.63. The van der Waals surface area contributed by atoms with Crippen molar-refractivity contribution in [2.24, 2.45) is 0 Å². The molecule has 0 N–H and O–H groups in total. The van der Waals surface area contributed by atoms with Crippen LogP contribution in [0.4, 0.5) is 0 Å². The molecule has 1 rings (SSSR count). The topological polar surface area (TPSA) is 54.5 Å². The third-order valence-corrected chi connectivity index (χ3v) is 1.72. The van der Waals surface area contributed by atoms with E-state index < -0.39 is 0 Å². The predicted octanol–water partition coefficient (Wildman–Crippen LogP) is -1.54. The summed E-state index contributed by atoms with van der Waals surface area (Å²) in [6.45, 7) is 0. The van der Waals surface area contributed by atoms with E-state index in [2.05, 4.69) is 0 Å². The molecule has 0 fully saturated rings. The zero-order valence-electron chi connectivity index (χ0n) is 6.69. The molecule has 4 nitrogen and oxygen atoms in total. The summed E-state index contributed by atoms with van der Waals surface area (Å²) in [5, 5.41) is 0. The monoisotopic (exact) mass is 165 g/mol. The lowest BCUT2D eigenvalue weighted by molar-refractivity contribution is -0.137. The number of imide groups is 1. The van der Waals surface area contributed by atoms with Crippen molar-refractivity contribution in [2.75, 3.05) is 0 Å². The van der Waals surface area contributed by atoms with Crippen LogP contribution in [-0.4, -0.2) is 36.8 Å². The van der Waals surface area contributed by atoms with Gasteiger partial charge in [-0.2, -0.15) is 0 Å². The van der Waals surface area contributed by atoms with Crippen LogP contribution in [0.1, 0.15) is 6.42 Å². The summed E-state index contributed by atoms with van der Waals surface area (Å²) in [5.74, 6) is -1.01. The van der Waals surface area contributed by atoms with Gasteiger partial charge in [0.15, 0.2) is 0 Å². The smallest absolute Gasteiger partial charge is 0.253 e. The van der Waals surface area contributed by atoms with E-state index in [1.165, 1.54) is 12.2 Å². The number of carbonyl (C=O) groups excluding carboxylic acids is 3. The van der Waals surface area contributed by atoms with Gasteiger partial charge in [0.05, 0.1) is 0 Å². The highest BCUT2D eigenvalue weighted by Crippen LogP contribution is 2.08. The fourth-order valence-electron chi connectivity index (χ4n) is 1.09. The molecule has 0 radical (unpaired) electrons. The first-order chi connectivity index (χ1) is 5.66. The largest absolute Gasteiger partial charge is 0.303 e. The van der Waals surface area contributed by atoms with Crippen LogP contribution in [0.5, 0.6) is 0 Å². The molecule has 0 aromatic rings. The van der Waals surface area contributed by atoms with Gasteiger partial charge < -0.3 is 4.79 Å². The van der Waals surface area contributed by atoms with Gasteiger partial charge in [0.25, 0.3) is 11.8 Å². The Morgan fingerprint density at radius 3 is 2.33 bits per heavy atom. The van der Waals surface area contributed by atoms with Crippen LogP contribution in [0, 0.1) is 0 Å². The fourth-order valence-corrected chi connectivity index (χ4v) is 1.09. The van der Waals surface area contributed by atoms with E-state index in [0.29, 0.717) is 6.29 Å². The molecule has 0 aliphatic carbocycles. The molecular formula is C7H8BNO3. The number of hydrogen-bond donors (Lipinski definition) is 0. The molecule has 0 bridgehead atoms. The van der Waals surface area contributed by atoms with Crippen LogP contribution in [0.2, 0.25) is 0 Å². The van der Waals surface area contributed by atoms with Gasteiger partial charge in [0.1, 0.15) is 14.1 Å². The second kappa shape index (κ2) is 3.34. The van der Waals surface area contributed by atoms with Crippen molar-refractivity contribution in [1.29, 1.82) is 0 Å². The number of rotatable bonds is 3. The van der Waals surface area contributed by atoms with Gasteiger partial charge in [0, 0.05) is 24.5 Å². The summed E-state index contributed by atoms with van der Waals surface area (Å²) in [6, 6.07) is 0. The van der Waals surface area contributed by atoms with E-state index in [1.807, 2.05) is 0 Å². The highest BCUT2D eigenvalue weighted by atomic mass is 16.2. The van der Waals surface area contributed by atoms with Crippen LogP contribution in [0.15, 0.2) is 12.2 Å². The van der Waals surface area contributed by atoms with Crippen LogP contribution in [0.25, 0.3) is 0 Å². The zero-order chi connectivity index (χ0) is 9.14. The van der Waals surface area contributed by atoms with Crippen molar-refractivity contribution in [1.82, 2.24) is 4.90 Å². The molecule has 2 amide bonds. The molecule has 1 atom stereocenters. The Morgan fingerprint density at radius 1 is 1.42 bits per heavy atom. The Bertz CT molecular complexity index is 243. The molecule has 0 saturated carbocycles. The highest BCUT2D eigenvalue weighted by molar-refractivity contribution is 6.21. The van der Waals surface area contributed by atoms with Crippen LogP contribution < -0.4 is 0 Å². The maximum atomic E-state index is 11.0. The number of nitrogens with zero attached hydrogens (tertiary/aromatic N) is 1. The molecule has 1 aliphatic rings. The first kappa shape index (κ1) is 8.71. The van der Waals surface area contributed by atoms with Gasteiger partial charge in [-0.3, -0.25) is 14.5 Å². The van der Waals surface area contributed by atoms with Gasteiger partial charge in [-0.05, 0) is 0 Å². The molecule has 5 heteroatoms. The lowest BCUT2D eigenvalue weighted by Crippen LogP contribution is -2.40. The van der Waals surface area contributed by atoms with Crippen LogP contribution >= 0.6 is 0 Å². The van der Waals surface area contributed by atoms with Gasteiger partial charge in [-0.25, -0.2) is 0 Å². The molecular weight excluding hydrogens is 157 g/mol. The normalized spacial score (nSPS) is 18.5. The third kappa shape index (κ3) is 1.44. The number of carbonyl (C=O) groups is 3. The fraction of sp³-hybridized carbons (Fsp3) is 0.286. The SMILES string of the molecule is BC(CC=O)N1C(=O)C=CC1=O. The minimum atomic E-state index is -0.339. The van der Waals surface area contributed by atoms with Crippen LogP contribution in [0.3, 0.4) is 0 Å². The average Bonchev–Trinajstić information content (AvgIpc) is 2.32.